The van der Waals surface area contributed by atoms with E-state index in [1.165, 1.54) is 25.7 Å². The van der Waals surface area contributed by atoms with Crippen molar-refractivity contribution in [3.8, 4) is 0 Å². The van der Waals surface area contributed by atoms with Gasteiger partial charge in [0.25, 0.3) is 5.91 Å². The number of hydrogen-bond acceptors (Lipinski definition) is 4. The summed E-state index contributed by atoms with van der Waals surface area (Å²) in [5, 5.41) is 10.6. The Morgan fingerprint density at radius 3 is 2.68 bits per heavy atom. The van der Waals surface area contributed by atoms with E-state index in [0.29, 0.717) is 6.54 Å². The zero-order valence-electron chi connectivity index (χ0n) is 14.7. The molecule has 1 amide bonds. The van der Waals surface area contributed by atoms with Gasteiger partial charge in [0.05, 0.1) is 12.6 Å². The van der Waals surface area contributed by atoms with E-state index in [9.17, 15) is 4.79 Å². The summed E-state index contributed by atoms with van der Waals surface area (Å²) in [7, 11) is 0. The molecule has 0 bridgehead atoms. The van der Waals surface area contributed by atoms with Gasteiger partial charge < -0.3 is 14.6 Å². The van der Waals surface area contributed by atoms with E-state index in [1.807, 2.05) is 35.8 Å². The Hall–Kier alpha value is -2.21. The Labute approximate surface area is 148 Å². The van der Waals surface area contributed by atoms with Gasteiger partial charge in [-0.1, -0.05) is 37.8 Å². The summed E-state index contributed by atoms with van der Waals surface area (Å²) < 4.78 is 7.88. The molecule has 3 rings (SSSR count). The molecule has 0 unspecified atom stereocenters. The van der Waals surface area contributed by atoms with Gasteiger partial charge in [-0.2, -0.15) is 0 Å². The van der Waals surface area contributed by atoms with E-state index in [1.54, 1.807) is 12.7 Å². The van der Waals surface area contributed by atoms with Gasteiger partial charge in [-0.25, -0.2) is 0 Å². The van der Waals surface area contributed by atoms with Gasteiger partial charge in [0.15, 0.2) is 0 Å². The molecule has 0 radical (unpaired) electrons. The average Bonchev–Trinajstić information content (AvgIpc) is 2.97. The monoisotopic (exact) mass is 342 g/mol. The molecule has 1 heterocycles. The number of carbonyl (C=O) groups is 1. The lowest BCUT2D eigenvalue weighted by Gasteiger charge is -2.20. The highest BCUT2D eigenvalue weighted by Gasteiger charge is 2.20. The Morgan fingerprint density at radius 2 is 1.96 bits per heavy atom. The molecule has 1 aromatic heterocycles. The molecule has 0 spiro atoms. The van der Waals surface area contributed by atoms with Crippen LogP contribution in [0, 0.1) is 0 Å². The van der Waals surface area contributed by atoms with Crippen LogP contribution in [0.2, 0.25) is 0 Å². The first-order valence-corrected chi connectivity index (χ1v) is 9.08. The Bertz CT molecular complexity index is 664. The summed E-state index contributed by atoms with van der Waals surface area (Å²) in [6, 6.07) is 7.81. The first kappa shape index (κ1) is 17.6. The summed E-state index contributed by atoms with van der Waals surface area (Å²) >= 11 is 0. The second-order valence-corrected chi connectivity index (χ2v) is 6.72. The van der Waals surface area contributed by atoms with Crippen molar-refractivity contribution >= 4 is 11.6 Å². The van der Waals surface area contributed by atoms with E-state index in [-0.39, 0.29) is 12.0 Å². The number of benzene rings is 1. The lowest BCUT2D eigenvalue weighted by Crippen LogP contribution is -2.31. The lowest BCUT2D eigenvalue weighted by atomic mass is 10.1. The highest BCUT2D eigenvalue weighted by molar-refractivity contribution is 5.93. The predicted octanol–water partition coefficient (Wildman–Crippen LogP) is 3.39. The SMILES string of the molecule is C[C@@H](OC1CCCCCC1)C(=O)Nc1cccc(Cn2cnnc2)c1. The maximum atomic E-state index is 12.4. The van der Waals surface area contributed by atoms with Crippen LogP contribution in [0.3, 0.4) is 0 Å². The number of carbonyl (C=O) groups excluding carboxylic acids is 1. The molecule has 1 saturated carbocycles. The van der Waals surface area contributed by atoms with Crippen molar-refractivity contribution < 1.29 is 9.53 Å². The van der Waals surface area contributed by atoms with Crippen LogP contribution < -0.4 is 5.32 Å². The molecule has 1 N–H and O–H groups in total. The highest BCUT2D eigenvalue weighted by atomic mass is 16.5. The minimum atomic E-state index is -0.440. The molecular weight excluding hydrogens is 316 g/mol. The molecule has 6 heteroatoms. The topological polar surface area (TPSA) is 69.0 Å². The lowest BCUT2D eigenvalue weighted by molar-refractivity contribution is -0.130. The quantitative estimate of drug-likeness (QED) is 0.817. The van der Waals surface area contributed by atoms with Crippen molar-refractivity contribution in [3.05, 3.63) is 42.5 Å². The minimum absolute atomic E-state index is 0.0919. The van der Waals surface area contributed by atoms with Crippen molar-refractivity contribution in [2.75, 3.05) is 5.32 Å². The maximum Gasteiger partial charge on any atom is 0.253 e. The van der Waals surface area contributed by atoms with E-state index in [2.05, 4.69) is 15.5 Å². The summed E-state index contributed by atoms with van der Waals surface area (Å²) in [4.78, 5) is 12.4. The van der Waals surface area contributed by atoms with Gasteiger partial charge in [-0.3, -0.25) is 4.79 Å². The molecule has 1 fully saturated rings. The maximum absolute atomic E-state index is 12.4. The van der Waals surface area contributed by atoms with E-state index in [4.69, 9.17) is 4.74 Å². The molecule has 1 aromatic carbocycles. The van der Waals surface area contributed by atoms with Crippen molar-refractivity contribution in [1.82, 2.24) is 14.8 Å². The fraction of sp³-hybridized carbons (Fsp3) is 0.526. The first-order chi connectivity index (χ1) is 12.2. The molecule has 134 valence electrons. The van der Waals surface area contributed by atoms with Crippen molar-refractivity contribution in [2.45, 2.75) is 64.2 Å². The standard InChI is InChI=1S/C19H26N4O2/c1-15(25-18-9-4-2-3-5-10-18)19(24)22-17-8-6-7-16(11-17)12-23-13-20-21-14-23/h6-8,11,13-15,18H,2-5,9-10,12H2,1H3,(H,22,24)/t15-/m1/s1. The number of amides is 1. The number of nitrogens with one attached hydrogen (secondary N) is 1. The number of ether oxygens (including phenoxy) is 1. The second kappa shape index (κ2) is 8.76. The third-order valence-electron chi connectivity index (χ3n) is 4.59. The minimum Gasteiger partial charge on any atom is -0.365 e. The Kier molecular flexibility index (Phi) is 6.17. The molecule has 0 saturated heterocycles. The zero-order chi connectivity index (χ0) is 17.5. The Morgan fingerprint density at radius 1 is 1.24 bits per heavy atom. The van der Waals surface area contributed by atoms with Gasteiger partial charge in [-0.15, -0.1) is 10.2 Å². The van der Waals surface area contributed by atoms with E-state index in [0.717, 1.165) is 24.1 Å². The van der Waals surface area contributed by atoms with Gasteiger partial charge >= 0.3 is 0 Å². The largest absolute Gasteiger partial charge is 0.365 e. The second-order valence-electron chi connectivity index (χ2n) is 6.72. The van der Waals surface area contributed by atoms with Crippen LogP contribution in [-0.4, -0.2) is 32.9 Å². The molecule has 6 nitrogen and oxygen atoms in total. The van der Waals surface area contributed by atoms with Crippen LogP contribution in [-0.2, 0) is 16.1 Å². The number of aromatic nitrogens is 3. The van der Waals surface area contributed by atoms with Gasteiger partial charge in [0, 0.05) is 5.69 Å². The van der Waals surface area contributed by atoms with Gasteiger partial charge in [-0.05, 0) is 37.5 Å². The van der Waals surface area contributed by atoms with Crippen LogP contribution >= 0.6 is 0 Å². The van der Waals surface area contributed by atoms with Crippen molar-refractivity contribution in [3.63, 3.8) is 0 Å². The molecule has 0 aliphatic heterocycles. The fourth-order valence-electron chi connectivity index (χ4n) is 3.23. The van der Waals surface area contributed by atoms with Crippen molar-refractivity contribution in [1.29, 1.82) is 0 Å². The van der Waals surface area contributed by atoms with Crippen LogP contribution in [0.1, 0.15) is 51.0 Å². The highest BCUT2D eigenvalue weighted by Crippen LogP contribution is 2.21. The predicted molar refractivity (Wildman–Crippen MR) is 96.2 cm³/mol. The average molecular weight is 342 g/mol. The Balaban J connectivity index is 1.54. The van der Waals surface area contributed by atoms with Gasteiger partial charge in [0.2, 0.25) is 0 Å². The number of rotatable bonds is 6. The van der Waals surface area contributed by atoms with E-state index >= 15 is 0 Å². The number of hydrogen-bond donors (Lipinski definition) is 1. The van der Waals surface area contributed by atoms with Crippen LogP contribution in [0.15, 0.2) is 36.9 Å². The van der Waals surface area contributed by atoms with Crippen LogP contribution in [0.25, 0.3) is 0 Å². The third kappa shape index (κ3) is 5.39. The normalized spacial score (nSPS) is 17.0. The first-order valence-electron chi connectivity index (χ1n) is 9.08. The molecule has 2 aromatic rings. The molecular formula is C19H26N4O2. The number of anilines is 1. The summed E-state index contributed by atoms with van der Waals surface area (Å²) in [6.45, 7) is 2.51. The number of nitrogens with zero attached hydrogens (tertiary/aromatic N) is 3. The van der Waals surface area contributed by atoms with Crippen LogP contribution in [0.5, 0.6) is 0 Å². The van der Waals surface area contributed by atoms with Gasteiger partial charge in [0.1, 0.15) is 18.8 Å². The van der Waals surface area contributed by atoms with Crippen LogP contribution in [0.4, 0.5) is 5.69 Å². The van der Waals surface area contributed by atoms with Crippen molar-refractivity contribution in [2.24, 2.45) is 0 Å². The molecule has 1 atom stereocenters. The smallest absolute Gasteiger partial charge is 0.253 e. The summed E-state index contributed by atoms with van der Waals surface area (Å²) in [5.41, 5.74) is 1.86. The third-order valence-corrected chi connectivity index (χ3v) is 4.59. The molecule has 25 heavy (non-hydrogen) atoms. The summed E-state index contributed by atoms with van der Waals surface area (Å²) in [5.74, 6) is -0.0919. The van der Waals surface area contributed by atoms with E-state index < -0.39 is 6.10 Å². The molecule has 1 aliphatic carbocycles. The zero-order valence-corrected chi connectivity index (χ0v) is 14.7. The molecule has 1 aliphatic rings. The fourth-order valence-corrected chi connectivity index (χ4v) is 3.23. The summed E-state index contributed by atoms with van der Waals surface area (Å²) in [6.07, 6.45) is 10.2.